The van der Waals surface area contributed by atoms with Gasteiger partial charge in [-0.1, -0.05) is 35.9 Å². The Bertz CT molecular complexity index is 1110. The van der Waals surface area contributed by atoms with Crippen molar-refractivity contribution in [3.8, 4) is 11.3 Å². The minimum absolute atomic E-state index is 0.101. The molecule has 1 aliphatic heterocycles. The van der Waals surface area contributed by atoms with Crippen molar-refractivity contribution in [2.75, 3.05) is 16.9 Å². The van der Waals surface area contributed by atoms with Gasteiger partial charge in [0.05, 0.1) is 22.8 Å². The number of amides is 2. The van der Waals surface area contributed by atoms with E-state index in [1.54, 1.807) is 24.4 Å². The van der Waals surface area contributed by atoms with E-state index < -0.39 is 17.8 Å². The number of halogens is 2. The van der Waals surface area contributed by atoms with Crippen molar-refractivity contribution in [3.63, 3.8) is 0 Å². The number of oxazole rings is 1. The molecule has 1 aromatic heterocycles. The molecular weight excluding hydrogens is 441 g/mol. The van der Waals surface area contributed by atoms with Crippen molar-refractivity contribution in [3.05, 3.63) is 71.5 Å². The summed E-state index contributed by atoms with van der Waals surface area (Å²) in [4.78, 5) is 31.1. The first-order chi connectivity index (χ1) is 15.0. The fraction of sp³-hybridized carbons (Fsp3) is 0.227. The molecule has 4 rings (SSSR count). The van der Waals surface area contributed by atoms with Crippen LogP contribution in [0.5, 0.6) is 0 Å². The molecule has 0 aliphatic carbocycles. The molecule has 0 radical (unpaired) electrons. The van der Waals surface area contributed by atoms with Gasteiger partial charge in [0, 0.05) is 24.2 Å². The molecule has 2 heterocycles. The summed E-state index contributed by atoms with van der Waals surface area (Å²) in [6, 6.07) is 12.6. The summed E-state index contributed by atoms with van der Waals surface area (Å²) in [5, 5.41) is 3.13. The second kappa shape index (κ2) is 9.53. The van der Waals surface area contributed by atoms with Crippen LogP contribution in [0.2, 0.25) is 5.02 Å². The third-order valence-electron chi connectivity index (χ3n) is 4.88. The third-order valence-corrected chi connectivity index (χ3v) is 6.22. The van der Waals surface area contributed by atoms with Crippen LogP contribution in [0.1, 0.15) is 12.3 Å². The monoisotopic (exact) mass is 459 g/mol. The Morgan fingerprint density at radius 2 is 2.00 bits per heavy atom. The van der Waals surface area contributed by atoms with E-state index in [1.807, 2.05) is 18.2 Å². The summed E-state index contributed by atoms with van der Waals surface area (Å²) < 4.78 is 19.6. The molecule has 9 heteroatoms. The van der Waals surface area contributed by atoms with E-state index in [2.05, 4.69) is 10.3 Å². The number of nitrogens with zero attached hydrogens (tertiary/aromatic N) is 2. The highest BCUT2D eigenvalue weighted by atomic mass is 35.5. The Kier molecular flexibility index (Phi) is 6.58. The Morgan fingerprint density at radius 3 is 2.81 bits per heavy atom. The Morgan fingerprint density at radius 1 is 1.23 bits per heavy atom. The number of aryl methyl sites for hydroxylation is 1. The number of para-hydroxylation sites is 1. The lowest BCUT2D eigenvalue weighted by molar-refractivity contribution is -0.136. The van der Waals surface area contributed by atoms with E-state index in [9.17, 15) is 14.0 Å². The van der Waals surface area contributed by atoms with Gasteiger partial charge in [0.2, 0.25) is 11.8 Å². The number of nitrogens with one attached hydrogen (secondary N) is 1. The van der Waals surface area contributed by atoms with Crippen molar-refractivity contribution in [2.24, 2.45) is 0 Å². The van der Waals surface area contributed by atoms with Gasteiger partial charge in [-0.05, 0) is 24.3 Å². The highest BCUT2D eigenvalue weighted by Crippen LogP contribution is 2.29. The van der Waals surface area contributed by atoms with E-state index in [-0.39, 0.29) is 18.0 Å². The number of aromatic nitrogens is 1. The molecular formula is C22H19ClFN3O3S. The quantitative estimate of drug-likeness (QED) is 0.582. The zero-order valence-corrected chi connectivity index (χ0v) is 18.0. The molecule has 2 amide bonds. The van der Waals surface area contributed by atoms with Gasteiger partial charge in [0.15, 0.2) is 11.7 Å². The number of hydrogen-bond acceptors (Lipinski definition) is 5. The first-order valence-electron chi connectivity index (χ1n) is 9.65. The van der Waals surface area contributed by atoms with Crippen LogP contribution >= 0.6 is 23.4 Å². The molecule has 160 valence electrons. The number of hydrogen-bond donors (Lipinski definition) is 1. The average molecular weight is 460 g/mol. The molecule has 0 bridgehead atoms. The molecule has 3 aromatic rings. The van der Waals surface area contributed by atoms with Crippen LogP contribution in [-0.2, 0) is 16.0 Å². The molecule has 1 atom stereocenters. The zero-order chi connectivity index (χ0) is 21.8. The lowest BCUT2D eigenvalue weighted by Crippen LogP contribution is -2.44. The molecule has 31 heavy (non-hydrogen) atoms. The van der Waals surface area contributed by atoms with Gasteiger partial charge >= 0.3 is 0 Å². The fourth-order valence-corrected chi connectivity index (χ4v) is 4.66. The fourth-order valence-electron chi connectivity index (χ4n) is 3.25. The first-order valence-corrected chi connectivity index (χ1v) is 11.2. The van der Waals surface area contributed by atoms with Crippen molar-refractivity contribution >= 4 is 40.9 Å². The van der Waals surface area contributed by atoms with Crippen molar-refractivity contribution in [1.82, 2.24) is 9.88 Å². The van der Waals surface area contributed by atoms with E-state index in [0.717, 1.165) is 5.56 Å². The molecule has 6 nitrogen and oxygen atoms in total. The van der Waals surface area contributed by atoms with E-state index in [0.29, 0.717) is 34.7 Å². The first kappa shape index (κ1) is 21.4. The number of carbonyl (C=O) groups excluding carboxylic acids is 2. The van der Waals surface area contributed by atoms with Crippen LogP contribution in [0.25, 0.3) is 11.3 Å². The van der Waals surface area contributed by atoms with Crippen molar-refractivity contribution in [2.45, 2.75) is 18.9 Å². The maximum atomic E-state index is 13.8. The van der Waals surface area contributed by atoms with Crippen LogP contribution in [0.3, 0.4) is 0 Å². The average Bonchev–Trinajstić information content (AvgIpc) is 3.44. The summed E-state index contributed by atoms with van der Waals surface area (Å²) >= 11 is 7.67. The summed E-state index contributed by atoms with van der Waals surface area (Å²) in [7, 11) is 0. The summed E-state index contributed by atoms with van der Waals surface area (Å²) in [5.74, 6) is 0.718. The second-order valence-electron chi connectivity index (χ2n) is 6.95. The van der Waals surface area contributed by atoms with Crippen LogP contribution in [-0.4, -0.2) is 39.4 Å². The Balaban J connectivity index is 1.36. The van der Waals surface area contributed by atoms with Crippen molar-refractivity contribution in [1.29, 1.82) is 0 Å². The van der Waals surface area contributed by atoms with Gasteiger partial charge in [0.1, 0.15) is 11.9 Å². The number of thioether (sulfide) groups is 1. The van der Waals surface area contributed by atoms with Crippen LogP contribution in [0, 0.1) is 5.82 Å². The maximum absolute atomic E-state index is 13.8. The molecule has 1 fully saturated rings. The predicted octanol–water partition coefficient (Wildman–Crippen LogP) is 4.61. The molecule has 1 N–H and O–H groups in total. The standard InChI is InChI=1S/C22H19ClFN3O3S/c23-15-6-2-1-5-14(15)19-11-25-20(30-19)9-10-21(28)27-13-31-12-18(27)22(29)26-17-8-4-3-7-16(17)24/h1-8,11,18H,9-10,12-13H2,(H,26,29). The largest absolute Gasteiger partial charge is 0.441 e. The lowest BCUT2D eigenvalue weighted by Gasteiger charge is -2.23. The third kappa shape index (κ3) is 4.91. The minimum Gasteiger partial charge on any atom is -0.441 e. The Hall–Kier alpha value is -2.84. The van der Waals surface area contributed by atoms with Crippen LogP contribution in [0.15, 0.2) is 59.1 Å². The summed E-state index contributed by atoms with van der Waals surface area (Å²) in [6.45, 7) is 0. The van der Waals surface area contributed by atoms with E-state index in [4.69, 9.17) is 16.0 Å². The van der Waals surface area contributed by atoms with Gasteiger partial charge in [-0.3, -0.25) is 9.59 Å². The summed E-state index contributed by atoms with van der Waals surface area (Å²) in [6.07, 6.45) is 2.02. The van der Waals surface area contributed by atoms with Crippen LogP contribution < -0.4 is 5.32 Å². The molecule has 2 aromatic carbocycles. The molecule has 0 spiro atoms. The SMILES string of the molecule is O=C(Nc1ccccc1F)C1CSCN1C(=O)CCc1ncc(-c2ccccc2Cl)o1. The highest BCUT2D eigenvalue weighted by Gasteiger charge is 2.34. The van der Waals surface area contributed by atoms with Gasteiger partial charge < -0.3 is 14.6 Å². The van der Waals surface area contributed by atoms with Crippen LogP contribution in [0.4, 0.5) is 10.1 Å². The van der Waals surface area contributed by atoms with E-state index in [1.165, 1.54) is 28.8 Å². The molecule has 1 aliphatic rings. The number of carbonyl (C=O) groups is 2. The predicted molar refractivity (Wildman–Crippen MR) is 118 cm³/mol. The summed E-state index contributed by atoms with van der Waals surface area (Å²) in [5.41, 5.74) is 0.832. The zero-order valence-electron chi connectivity index (χ0n) is 16.4. The van der Waals surface area contributed by atoms with E-state index >= 15 is 0 Å². The van der Waals surface area contributed by atoms with Gasteiger partial charge in [-0.15, -0.1) is 11.8 Å². The van der Waals surface area contributed by atoms with Crippen molar-refractivity contribution < 1.29 is 18.4 Å². The molecule has 0 saturated carbocycles. The normalized spacial score (nSPS) is 15.8. The number of anilines is 1. The second-order valence-corrected chi connectivity index (χ2v) is 8.35. The molecule has 1 saturated heterocycles. The van der Waals surface area contributed by atoms with Gasteiger partial charge in [-0.2, -0.15) is 0 Å². The Labute approximate surface area is 187 Å². The topological polar surface area (TPSA) is 75.4 Å². The lowest BCUT2D eigenvalue weighted by atomic mass is 10.2. The highest BCUT2D eigenvalue weighted by molar-refractivity contribution is 7.99. The molecule has 1 unspecified atom stereocenters. The minimum atomic E-state index is -0.652. The van der Waals surface area contributed by atoms with Gasteiger partial charge in [0.25, 0.3) is 0 Å². The van der Waals surface area contributed by atoms with Gasteiger partial charge in [-0.25, -0.2) is 9.37 Å². The number of benzene rings is 2. The maximum Gasteiger partial charge on any atom is 0.248 e. The smallest absolute Gasteiger partial charge is 0.248 e. The number of rotatable bonds is 6.